The van der Waals surface area contributed by atoms with Crippen LogP contribution in [0, 0.1) is 10.1 Å². The fourth-order valence-corrected chi connectivity index (χ4v) is 6.33. The highest BCUT2D eigenvalue weighted by atomic mass is 32.1. The SMILES string of the molecule is O=c1nc2n(c3sc4c(c13)CCCC4)Cc1ccccc1/C2=C(/O)c1cccc([N+](=O)[O-])c1. The van der Waals surface area contributed by atoms with Crippen LogP contribution in [0.5, 0.6) is 0 Å². The summed E-state index contributed by atoms with van der Waals surface area (Å²) in [6.07, 6.45) is 4.06. The molecular weight excluding hydrogens is 438 g/mol. The van der Waals surface area contributed by atoms with Gasteiger partial charge < -0.3 is 9.67 Å². The van der Waals surface area contributed by atoms with Gasteiger partial charge in [0.25, 0.3) is 11.2 Å². The van der Waals surface area contributed by atoms with E-state index >= 15 is 0 Å². The second-order valence-corrected chi connectivity index (χ2v) is 9.49. The number of nitro benzene ring substituents is 1. The summed E-state index contributed by atoms with van der Waals surface area (Å²) < 4.78 is 2.02. The van der Waals surface area contributed by atoms with Crippen molar-refractivity contribution >= 4 is 38.6 Å². The summed E-state index contributed by atoms with van der Waals surface area (Å²) >= 11 is 1.65. The molecule has 0 saturated heterocycles. The monoisotopic (exact) mass is 457 g/mol. The summed E-state index contributed by atoms with van der Waals surface area (Å²) in [5.74, 6) is 0.265. The fraction of sp³-hybridized carbons (Fsp3) is 0.200. The summed E-state index contributed by atoms with van der Waals surface area (Å²) in [7, 11) is 0. The summed E-state index contributed by atoms with van der Waals surface area (Å²) in [5.41, 5.74) is 3.23. The lowest BCUT2D eigenvalue weighted by atomic mass is 9.92. The van der Waals surface area contributed by atoms with E-state index in [2.05, 4.69) is 4.98 Å². The lowest BCUT2D eigenvalue weighted by Gasteiger charge is -2.25. The lowest BCUT2D eigenvalue weighted by Crippen LogP contribution is -2.23. The molecule has 0 saturated carbocycles. The predicted octanol–water partition coefficient (Wildman–Crippen LogP) is 5.08. The van der Waals surface area contributed by atoms with E-state index in [1.807, 2.05) is 28.8 Å². The minimum absolute atomic E-state index is 0.115. The number of aryl methyl sites for hydroxylation is 2. The average molecular weight is 458 g/mol. The highest BCUT2D eigenvalue weighted by Crippen LogP contribution is 2.41. The van der Waals surface area contributed by atoms with E-state index in [4.69, 9.17) is 0 Å². The fourth-order valence-electron chi connectivity index (χ4n) is 4.95. The first-order valence-electron chi connectivity index (χ1n) is 10.8. The van der Waals surface area contributed by atoms with Crippen molar-refractivity contribution in [3.63, 3.8) is 0 Å². The van der Waals surface area contributed by atoms with Crippen LogP contribution in [0.1, 0.15) is 45.8 Å². The minimum atomic E-state index is -0.493. The van der Waals surface area contributed by atoms with Gasteiger partial charge in [-0.2, -0.15) is 4.98 Å². The zero-order chi connectivity index (χ0) is 22.7. The van der Waals surface area contributed by atoms with Gasteiger partial charge in [-0.3, -0.25) is 14.9 Å². The third kappa shape index (κ3) is 3.01. The van der Waals surface area contributed by atoms with Crippen LogP contribution in [0.2, 0.25) is 0 Å². The van der Waals surface area contributed by atoms with E-state index in [0.717, 1.165) is 47.2 Å². The van der Waals surface area contributed by atoms with Crippen molar-refractivity contribution in [1.29, 1.82) is 0 Å². The van der Waals surface area contributed by atoms with Gasteiger partial charge in [0.2, 0.25) is 0 Å². The molecule has 0 amide bonds. The minimum Gasteiger partial charge on any atom is -0.507 e. The summed E-state index contributed by atoms with van der Waals surface area (Å²) in [5, 5.41) is 23.4. The molecule has 164 valence electrons. The second-order valence-electron chi connectivity index (χ2n) is 8.41. The Labute approximate surface area is 192 Å². The maximum atomic E-state index is 13.2. The van der Waals surface area contributed by atoms with Crippen molar-refractivity contribution in [1.82, 2.24) is 9.55 Å². The van der Waals surface area contributed by atoms with Crippen LogP contribution in [-0.2, 0) is 19.4 Å². The van der Waals surface area contributed by atoms with Crippen molar-refractivity contribution in [3.05, 3.63) is 102 Å². The maximum absolute atomic E-state index is 13.2. The van der Waals surface area contributed by atoms with Gasteiger partial charge in [0.05, 0.1) is 22.4 Å². The molecule has 0 atom stereocenters. The standard InChI is InChI=1S/C25H19N3O4S/c29-22(14-7-5-8-16(12-14)28(31)32)20-17-9-2-1-6-15(17)13-27-23(20)26-24(30)21-18-10-3-4-11-19(18)33-25(21)27/h1-2,5-9,12,29H,3-4,10-11,13H2/b22-20-. The zero-order valence-electron chi connectivity index (χ0n) is 17.6. The largest absolute Gasteiger partial charge is 0.507 e. The van der Waals surface area contributed by atoms with Crippen molar-refractivity contribution in [2.45, 2.75) is 32.2 Å². The van der Waals surface area contributed by atoms with E-state index in [9.17, 15) is 20.0 Å². The molecule has 6 rings (SSSR count). The highest BCUT2D eigenvalue weighted by Gasteiger charge is 2.30. The number of non-ortho nitro benzene ring substituents is 1. The quantitative estimate of drug-likeness (QED) is 0.226. The molecule has 0 radical (unpaired) electrons. The van der Waals surface area contributed by atoms with Crippen molar-refractivity contribution < 1.29 is 10.0 Å². The molecule has 33 heavy (non-hydrogen) atoms. The van der Waals surface area contributed by atoms with Crippen LogP contribution >= 0.6 is 11.3 Å². The number of hydrogen-bond donors (Lipinski definition) is 1. The Bertz CT molecular complexity index is 1560. The number of hydrogen-bond acceptors (Lipinski definition) is 6. The summed E-state index contributed by atoms with van der Waals surface area (Å²) in [6.45, 7) is 0.542. The van der Waals surface area contributed by atoms with Crippen molar-refractivity contribution in [2.24, 2.45) is 0 Å². The number of rotatable bonds is 2. The Morgan fingerprint density at radius 2 is 1.94 bits per heavy atom. The van der Waals surface area contributed by atoms with E-state index in [0.29, 0.717) is 28.9 Å². The molecule has 2 aromatic heterocycles. The normalized spacial score (nSPS) is 16.1. The molecule has 1 aliphatic heterocycles. The number of benzene rings is 2. The van der Waals surface area contributed by atoms with Crippen LogP contribution in [0.25, 0.3) is 21.5 Å². The molecular formula is C25H19N3O4S. The molecule has 4 aromatic rings. The third-order valence-electron chi connectivity index (χ3n) is 6.48. The predicted molar refractivity (Wildman–Crippen MR) is 128 cm³/mol. The molecule has 0 unspecified atom stereocenters. The third-order valence-corrected chi connectivity index (χ3v) is 7.80. The smallest absolute Gasteiger partial charge is 0.282 e. The Kier molecular flexibility index (Phi) is 4.45. The van der Waals surface area contributed by atoms with Gasteiger partial charge in [-0.25, -0.2) is 0 Å². The van der Waals surface area contributed by atoms with Crippen LogP contribution in [0.4, 0.5) is 5.69 Å². The number of aromatic nitrogens is 2. The van der Waals surface area contributed by atoms with Gasteiger partial charge >= 0.3 is 0 Å². The Balaban J connectivity index is 1.68. The Hall–Kier alpha value is -3.78. The van der Waals surface area contributed by atoms with Gasteiger partial charge in [0.1, 0.15) is 16.4 Å². The molecule has 0 fully saturated rings. The molecule has 1 aliphatic carbocycles. The van der Waals surface area contributed by atoms with Crippen LogP contribution in [-0.4, -0.2) is 19.6 Å². The number of thiophene rings is 1. The van der Waals surface area contributed by atoms with Gasteiger partial charge in [0, 0.05) is 22.6 Å². The number of aliphatic hydroxyl groups is 1. The molecule has 0 spiro atoms. The Morgan fingerprint density at radius 3 is 2.79 bits per heavy atom. The van der Waals surface area contributed by atoms with Gasteiger partial charge in [-0.1, -0.05) is 36.4 Å². The molecule has 2 aliphatic rings. The highest BCUT2D eigenvalue weighted by molar-refractivity contribution is 7.18. The molecule has 1 N–H and O–H groups in total. The number of nitro groups is 1. The van der Waals surface area contributed by atoms with E-state index in [-0.39, 0.29) is 17.0 Å². The number of nitrogens with zero attached hydrogens (tertiary/aromatic N) is 3. The van der Waals surface area contributed by atoms with E-state index in [1.165, 1.54) is 23.1 Å². The first kappa shape index (κ1) is 19.9. The van der Waals surface area contributed by atoms with Crippen LogP contribution < -0.4 is 5.56 Å². The molecule has 2 aromatic carbocycles. The summed E-state index contributed by atoms with van der Waals surface area (Å²) in [4.78, 5) is 30.6. The number of fused-ring (bicyclic) bond motifs is 6. The average Bonchev–Trinajstić information content (AvgIpc) is 3.23. The molecule has 7 nitrogen and oxygen atoms in total. The van der Waals surface area contributed by atoms with Crippen LogP contribution in [0.15, 0.2) is 53.3 Å². The topological polar surface area (TPSA) is 98.3 Å². The first-order valence-corrected chi connectivity index (χ1v) is 11.7. The lowest BCUT2D eigenvalue weighted by molar-refractivity contribution is -0.384. The van der Waals surface area contributed by atoms with E-state index < -0.39 is 4.92 Å². The second kappa shape index (κ2) is 7.38. The Morgan fingerprint density at radius 1 is 1.12 bits per heavy atom. The molecule has 8 heteroatoms. The van der Waals surface area contributed by atoms with Crippen molar-refractivity contribution in [3.8, 4) is 0 Å². The summed E-state index contributed by atoms with van der Waals surface area (Å²) in [6, 6.07) is 13.6. The van der Waals surface area contributed by atoms with Gasteiger partial charge in [-0.05, 0) is 42.4 Å². The number of aliphatic hydroxyl groups excluding tert-OH is 1. The first-order chi connectivity index (χ1) is 16.0. The maximum Gasteiger partial charge on any atom is 0.282 e. The van der Waals surface area contributed by atoms with Gasteiger partial charge in [0.15, 0.2) is 0 Å². The van der Waals surface area contributed by atoms with Crippen LogP contribution in [0.3, 0.4) is 0 Å². The van der Waals surface area contributed by atoms with E-state index in [1.54, 1.807) is 17.4 Å². The zero-order valence-corrected chi connectivity index (χ0v) is 18.4. The van der Waals surface area contributed by atoms with Gasteiger partial charge in [-0.15, -0.1) is 11.3 Å². The van der Waals surface area contributed by atoms with Crippen molar-refractivity contribution in [2.75, 3.05) is 0 Å². The molecule has 0 bridgehead atoms. The molecule has 3 heterocycles.